The zero-order chi connectivity index (χ0) is 25.2. The largest absolute Gasteiger partial charge is 0.492 e. The molecule has 3 aromatic carbocycles. The van der Waals surface area contributed by atoms with Crippen LogP contribution in [-0.4, -0.2) is 37.0 Å². The van der Waals surface area contributed by atoms with Crippen molar-refractivity contribution in [1.82, 2.24) is 0 Å². The Morgan fingerprint density at radius 1 is 1.06 bits per heavy atom. The number of benzene rings is 3. The minimum Gasteiger partial charge on any atom is -0.492 e. The van der Waals surface area contributed by atoms with Crippen molar-refractivity contribution in [2.24, 2.45) is 0 Å². The van der Waals surface area contributed by atoms with Gasteiger partial charge in [-0.15, -0.1) is 0 Å². The fourth-order valence-electron chi connectivity index (χ4n) is 4.97. The van der Waals surface area contributed by atoms with Gasteiger partial charge in [0.25, 0.3) is 0 Å². The molecule has 1 fully saturated rings. The number of hydrogen-bond donors (Lipinski definition) is 1. The summed E-state index contributed by atoms with van der Waals surface area (Å²) in [5, 5.41) is 9.07. The Bertz CT molecular complexity index is 1260. The molecular formula is C29H29FO6. The Balaban J connectivity index is 1.31. The van der Waals surface area contributed by atoms with E-state index in [1.807, 2.05) is 38.1 Å². The molecular weight excluding hydrogens is 463 g/mol. The van der Waals surface area contributed by atoms with Gasteiger partial charge >= 0.3 is 5.97 Å². The number of hydrogen-bond acceptors (Lipinski definition) is 5. The van der Waals surface area contributed by atoms with Gasteiger partial charge in [-0.1, -0.05) is 12.1 Å². The molecule has 0 aromatic heterocycles. The van der Waals surface area contributed by atoms with Gasteiger partial charge in [0.1, 0.15) is 35.8 Å². The SMILES string of the molecule is Cc1cc(OC2CCOC2)cc(C)c1-c1ccc(F)c(COc2ccc3c(c2)OC[C@H]3CC(=O)O)c1. The summed E-state index contributed by atoms with van der Waals surface area (Å²) >= 11 is 0. The summed E-state index contributed by atoms with van der Waals surface area (Å²) in [5.41, 5.74) is 5.36. The first-order valence-electron chi connectivity index (χ1n) is 12.1. The maximum atomic E-state index is 14.7. The molecule has 7 heteroatoms. The van der Waals surface area contributed by atoms with Gasteiger partial charge in [0.2, 0.25) is 0 Å². The molecule has 0 aliphatic carbocycles. The standard InChI is InChI=1S/C29H29FO6/c1-17-9-24(36-23-7-8-33-16-23)10-18(2)29(17)19-3-6-26(30)21(11-19)15-34-22-4-5-25-20(12-28(31)32)14-35-27(25)13-22/h3-6,9-11,13,20,23H,7-8,12,14-16H2,1-2H3,(H,31,32)/t20-,23?/m1/s1. The van der Waals surface area contributed by atoms with Crippen LogP contribution < -0.4 is 14.2 Å². The number of carbonyl (C=O) groups is 1. The van der Waals surface area contributed by atoms with Gasteiger partial charge in [-0.2, -0.15) is 0 Å². The second kappa shape index (κ2) is 10.2. The Morgan fingerprint density at radius 2 is 1.86 bits per heavy atom. The van der Waals surface area contributed by atoms with Crippen LogP contribution in [-0.2, 0) is 16.1 Å². The van der Waals surface area contributed by atoms with Crippen LogP contribution in [0.5, 0.6) is 17.2 Å². The average molecular weight is 493 g/mol. The first-order chi connectivity index (χ1) is 17.4. The molecule has 5 rings (SSSR count). The Kier molecular flexibility index (Phi) is 6.83. The van der Waals surface area contributed by atoms with Crippen molar-refractivity contribution in [3.8, 4) is 28.4 Å². The molecule has 1 unspecified atom stereocenters. The van der Waals surface area contributed by atoms with Crippen molar-refractivity contribution in [2.75, 3.05) is 19.8 Å². The molecule has 2 heterocycles. The highest BCUT2D eigenvalue weighted by atomic mass is 19.1. The minimum atomic E-state index is -0.858. The molecule has 6 nitrogen and oxygen atoms in total. The molecule has 0 radical (unpaired) electrons. The van der Waals surface area contributed by atoms with Crippen molar-refractivity contribution in [1.29, 1.82) is 0 Å². The van der Waals surface area contributed by atoms with Crippen LogP contribution in [0.1, 0.15) is 41.0 Å². The summed E-state index contributed by atoms with van der Waals surface area (Å²) < 4.78 is 37.7. The Labute approximate surface area is 209 Å². The zero-order valence-corrected chi connectivity index (χ0v) is 20.4. The van der Waals surface area contributed by atoms with Crippen LogP contribution in [0.3, 0.4) is 0 Å². The zero-order valence-electron chi connectivity index (χ0n) is 20.4. The summed E-state index contributed by atoms with van der Waals surface area (Å²) in [6.45, 7) is 5.78. The highest BCUT2D eigenvalue weighted by Gasteiger charge is 2.26. The number of carboxylic acid groups (broad SMARTS) is 1. The Hall–Kier alpha value is -3.58. The van der Waals surface area contributed by atoms with E-state index in [1.165, 1.54) is 6.07 Å². The van der Waals surface area contributed by atoms with Crippen LogP contribution in [0.15, 0.2) is 48.5 Å². The molecule has 0 spiro atoms. The Morgan fingerprint density at radius 3 is 2.58 bits per heavy atom. The second-order valence-electron chi connectivity index (χ2n) is 9.44. The van der Waals surface area contributed by atoms with Crippen molar-refractivity contribution in [3.05, 3.63) is 76.6 Å². The van der Waals surface area contributed by atoms with Gasteiger partial charge in [0.15, 0.2) is 0 Å². The van der Waals surface area contributed by atoms with E-state index in [4.69, 9.17) is 24.1 Å². The molecule has 0 bridgehead atoms. The van der Waals surface area contributed by atoms with Crippen LogP contribution in [0.4, 0.5) is 4.39 Å². The lowest BCUT2D eigenvalue weighted by atomic mass is 9.94. The lowest BCUT2D eigenvalue weighted by Gasteiger charge is -2.17. The molecule has 0 amide bonds. The molecule has 3 aromatic rings. The molecule has 2 atom stereocenters. The average Bonchev–Trinajstić information content (AvgIpc) is 3.48. The van der Waals surface area contributed by atoms with Gasteiger partial charge in [-0.05, 0) is 66.4 Å². The van der Waals surface area contributed by atoms with E-state index >= 15 is 0 Å². The number of aliphatic carboxylic acids is 1. The number of aryl methyl sites for hydroxylation is 2. The lowest BCUT2D eigenvalue weighted by Crippen LogP contribution is -2.15. The maximum absolute atomic E-state index is 14.7. The predicted molar refractivity (Wildman–Crippen MR) is 132 cm³/mol. The molecule has 2 aliphatic rings. The topological polar surface area (TPSA) is 74.2 Å². The molecule has 0 saturated carbocycles. The van der Waals surface area contributed by atoms with Crippen molar-refractivity contribution >= 4 is 5.97 Å². The summed E-state index contributed by atoms with van der Waals surface area (Å²) in [7, 11) is 0. The van der Waals surface area contributed by atoms with Crippen molar-refractivity contribution in [3.63, 3.8) is 0 Å². The van der Waals surface area contributed by atoms with E-state index in [0.717, 1.165) is 46.6 Å². The second-order valence-corrected chi connectivity index (χ2v) is 9.44. The first kappa shape index (κ1) is 24.1. The third-order valence-corrected chi connectivity index (χ3v) is 6.71. The highest BCUT2D eigenvalue weighted by Crippen LogP contribution is 2.39. The van der Waals surface area contributed by atoms with Gasteiger partial charge < -0.3 is 24.1 Å². The summed E-state index contributed by atoms with van der Waals surface area (Å²) in [4.78, 5) is 11.1. The van der Waals surface area contributed by atoms with E-state index < -0.39 is 5.97 Å². The molecule has 1 N–H and O–H groups in total. The number of ether oxygens (including phenoxy) is 4. The minimum absolute atomic E-state index is 0.0200. The quantitative estimate of drug-likeness (QED) is 0.428. The van der Waals surface area contributed by atoms with E-state index in [0.29, 0.717) is 30.3 Å². The third kappa shape index (κ3) is 5.16. The number of halogens is 1. The van der Waals surface area contributed by atoms with Crippen molar-refractivity contribution < 1.29 is 33.2 Å². The van der Waals surface area contributed by atoms with Gasteiger partial charge in [0, 0.05) is 29.5 Å². The van der Waals surface area contributed by atoms with Crippen LogP contribution in [0.25, 0.3) is 11.1 Å². The van der Waals surface area contributed by atoms with E-state index in [-0.39, 0.29) is 30.9 Å². The van der Waals surface area contributed by atoms with E-state index in [9.17, 15) is 9.18 Å². The van der Waals surface area contributed by atoms with Crippen LogP contribution >= 0.6 is 0 Å². The first-order valence-corrected chi connectivity index (χ1v) is 12.1. The summed E-state index contributed by atoms with van der Waals surface area (Å²) in [6, 6.07) is 14.4. The van der Waals surface area contributed by atoms with E-state index in [1.54, 1.807) is 18.2 Å². The fourth-order valence-corrected chi connectivity index (χ4v) is 4.97. The van der Waals surface area contributed by atoms with E-state index in [2.05, 4.69) is 0 Å². The normalized spacial score (nSPS) is 18.5. The smallest absolute Gasteiger partial charge is 0.304 e. The van der Waals surface area contributed by atoms with Crippen molar-refractivity contribution in [2.45, 2.75) is 45.3 Å². The predicted octanol–water partition coefficient (Wildman–Crippen LogP) is 5.81. The summed E-state index contributed by atoms with van der Waals surface area (Å²) in [6.07, 6.45) is 0.990. The molecule has 2 aliphatic heterocycles. The van der Waals surface area contributed by atoms with Gasteiger partial charge in [0.05, 0.1) is 26.2 Å². The molecule has 1 saturated heterocycles. The number of rotatable bonds is 8. The third-order valence-electron chi connectivity index (χ3n) is 6.71. The summed E-state index contributed by atoms with van der Waals surface area (Å²) in [5.74, 6) is 0.608. The monoisotopic (exact) mass is 492 g/mol. The molecule has 188 valence electrons. The highest BCUT2D eigenvalue weighted by molar-refractivity contribution is 5.72. The van der Waals surface area contributed by atoms with Crippen LogP contribution in [0, 0.1) is 19.7 Å². The molecule has 36 heavy (non-hydrogen) atoms. The number of carboxylic acids is 1. The number of fused-ring (bicyclic) bond motifs is 1. The maximum Gasteiger partial charge on any atom is 0.304 e. The van der Waals surface area contributed by atoms with Gasteiger partial charge in [-0.25, -0.2) is 4.39 Å². The van der Waals surface area contributed by atoms with Gasteiger partial charge in [-0.3, -0.25) is 4.79 Å². The van der Waals surface area contributed by atoms with Crippen LogP contribution in [0.2, 0.25) is 0 Å². The lowest BCUT2D eigenvalue weighted by molar-refractivity contribution is -0.137. The fraction of sp³-hybridized carbons (Fsp3) is 0.345.